The number of benzene rings is 3. The predicted molar refractivity (Wildman–Crippen MR) is 165 cm³/mol. The largest absolute Gasteiger partial charge is 0.484 e. The number of amides is 2. The Morgan fingerprint density at radius 2 is 1.68 bits per heavy atom. The molecule has 212 valence electrons. The van der Waals surface area contributed by atoms with Crippen LogP contribution in [0.2, 0.25) is 10.0 Å². The lowest BCUT2D eigenvalue weighted by atomic mass is 9.94. The molecule has 0 saturated heterocycles. The van der Waals surface area contributed by atoms with Crippen LogP contribution in [0.25, 0.3) is 0 Å². The van der Waals surface area contributed by atoms with Crippen molar-refractivity contribution in [2.75, 3.05) is 6.61 Å². The molecule has 8 heteroatoms. The molecule has 1 fully saturated rings. The number of carbonyl (C=O) groups excluding carboxylic acids is 2. The van der Waals surface area contributed by atoms with Gasteiger partial charge in [0, 0.05) is 33.5 Å². The molecule has 5 nitrogen and oxygen atoms in total. The smallest absolute Gasteiger partial charge is 0.261 e. The van der Waals surface area contributed by atoms with Crippen molar-refractivity contribution in [2.24, 2.45) is 0 Å². The zero-order valence-electron chi connectivity index (χ0n) is 22.9. The van der Waals surface area contributed by atoms with Gasteiger partial charge in [-0.15, -0.1) is 0 Å². The minimum atomic E-state index is -0.749. The number of ether oxygens (including phenoxy) is 1. The van der Waals surface area contributed by atoms with Gasteiger partial charge < -0.3 is 15.0 Å². The van der Waals surface area contributed by atoms with Crippen molar-refractivity contribution in [3.63, 3.8) is 0 Å². The van der Waals surface area contributed by atoms with Gasteiger partial charge in [0.1, 0.15) is 11.8 Å². The molecule has 4 rings (SSSR count). The first kappa shape index (κ1) is 30.4. The van der Waals surface area contributed by atoms with Crippen molar-refractivity contribution in [1.82, 2.24) is 10.2 Å². The summed E-state index contributed by atoms with van der Waals surface area (Å²) in [5.74, 6) is 0.135. The number of nitrogens with one attached hydrogen (secondary N) is 1. The summed E-state index contributed by atoms with van der Waals surface area (Å²) >= 11 is 16.3. The molecule has 0 radical (unpaired) electrons. The molecule has 1 saturated carbocycles. The molecular formula is C32H35BrCl2N2O3. The summed E-state index contributed by atoms with van der Waals surface area (Å²) in [4.78, 5) is 29.4. The van der Waals surface area contributed by atoms with Gasteiger partial charge in [0.25, 0.3) is 5.91 Å². The Morgan fingerprint density at radius 3 is 2.33 bits per heavy atom. The number of hydrogen-bond acceptors (Lipinski definition) is 3. The lowest BCUT2D eigenvalue weighted by Crippen LogP contribution is -2.53. The Hall–Kier alpha value is -2.54. The summed E-state index contributed by atoms with van der Waals surface area (Å²) in [6.45, 7) is 3.89. The number of rotatable bonds is 10. The van der Waals surface area contributed by atoms with Gasteiger partial charge in [0.2, 0.25) is 5.91 Å². The molecule has 0 aliphatic heterocycles. The maximum absolute atomic E-state index is 13.9. The van der Waals surface area contributed by atoms with Crippen LogP contribution in [0.5, 0.6) is 5.75 Å². The average molecular weight is 646 g/mol. The fraction of sp³-hybridized carbons (Fsp3) is 0.375. The number of nitrogens with zero attached hydrogens (tertiary/aromatic N) is 1. The standard InChI is InChI=1S/C32H35BrCl2N2O3/c1-21-15-27(16-22(2)31(21)33)40-20-30(38)37(19-24-13-14-25(34)18-28(24)35)29(17-23-9-5-3-6-10-23)32(39)36-26-11-7-4-8-12-26/h3,5-6,9-10,13-16,18,26,29H,4,7-8,11-12,17,19-20H2,1-2H3,(H,36,39)/t29-/m1/s1. The second-order valence-electron chi connectivity index (χ2n) is 10.5. The SMILES string of the molecule is Cc1cc(OCC(=O)N(Cc2ccc(Cl)cc2Cl)[C@H](Cc2ccccc2)C(=O)NC2CCCCC2)cc(C)c1Br. The van der Waals surface area contributed by atoms with Crippen molar-refractivity contribution >= 4 is 50.9 Å². The zero-order valence-corrected chi connectivity index (χ0v) is 26.0. The van der Waals surface area contributed by atoms with E-state index in [0.29, 0.717) is 27.8 Å². The van der Waals surface area contributed by atoms with Gasteiger partial charge in [-0.3, -0.25) is 9.59 Å². The van der Waals surface area contributed by atoms with Crippen molar-refractivity contribution in [3.05, 3.63) is 97.4 Å². The van der Waals surface area contributed by atoms with Crippen LogP contribution in [-0.2, 0) is 22.6 Å². The molecule has 1 aliphatic carbocycles. The van der Waals surface area contributed by atoms with E-state index in [1.165, 1.54) is 6.42 Å². The van der Waals surface area contributed by atoms with Crippen LogP contribution in [0.1, 0.15) is 54.4 Å². The molecule has 1 aliphatic rings. The van der Waals surface area contributed by atoms with Crippen molar-refractivity contribution in [1.29, 1.82) is 0 Å². The van der Waals surface area contributed by atoms with Crippen LogP contribution in [0.4, 0.5) is 0 Å². The quantitative estimate of drug-likeness (QED) is 0.244. The van der Waals surface area contributed by atoms with Crippen LogP contribution >= 0.6 is 39.1 Å². The maximum Gasteiger partial charge on any atom is 0.261 e. The van der Waals surface area contributed by atoms with E-state index in [1.807, 2.05) is 56.3 Å². The van der Waals surface area contributed by atoms with E-state index in [0.717, 1.165) is 46.8 Å². The van der Waals surface area contributed by atoms with E-state index in [2.05, 4.69) is 21.2 Å². The van der Waals surface area contributed by atoms with Crippen LogP contribution in [-0.4, -0.2) is 35.4 Å². The molecule has 40 heavy (non-hydrogen) atoms. The molecule has 3 aromatic rings. The molecule has 0 spiro atoms. The molecule has 0 heterocycles. The molecule has 3 aromatic carbocycles. The van der Waals surface area contributed by atoms with E-state index in [9.17, 15) is 9.59 Å². The van der Waals surface area contributed by atoms with Crippen molar-refractivity contribution < 1.29 is 14.3 Å². The molecule has 2 amide bonds. The Morgan fingerprint density at radius 1 is 1.00 bits per heavy atom. The summed E-state index contributed by atoms with van der Waals surface area (Å²) in [6.07, 6.45) is 5.64. The Labute approximate surface area is 255 Å². The van der Waals surface area contributed by atoms with Gasteiger partial charge in [0.05, 0.1) is 0 Å². The van der Waals surface area contributed by atoms with Crippen molar-refractivity contribution in [2.45, 2.75) is 71.0 Å². The van der Waals surface area contributed by atoms with Gasteiger partial charge in [0.15, 0.2) is 6.61 Å². The lowest BCUT2D eigenvalue weighted by Gasteiger charge is -2.33. The second kappa shape index (κ2) is 14.4. The van der Waals surface area contributed by atoms with Crippen LogP contribution in [0.3, 0.4) is 0 Å². The Balaban J connectivity index is 1.64. The van der Waals surface area contributed by atoms with Gasteiger partial charge in [-0.05, 0) is 73.2 Å². The van der Waals surface area contributed by atoms with Crippen LogP contribution in [0, 0.1) is 13.8 Å². The highest BCUT2D eigenvalue weighted by atomic mass is 79.9. The van der Waals surface area contributed by atoms with Crippen LogP contribution < -0.4 is 10.1 Å². The zero-order chi connectivity index (χ0) is 28.6. The fourth-order valence-electron chi connectivity index (χ4n) is 5.15. The highest BCUT2D eigenvalue weighted by molar-refractivity contribution is 9.10. The molecule has 0 bridgehead atoms. The summed E-state index contributed by atoms with van der Waals surface area (Å²) in [5.41, 5.74) is 3.70. The van der Waals surface area contributed by atoms with Crippen molar-refractivity contribution in [3.8, 4) is 5.75 Å². The average Bonchev–Trinajstić information content (AvgIpc) is 2.94. The topological polar surface area (TPSA) is 58.6 Å². The number of halogens is 3. The first-order valence-electron chi connectivity index (χ1n) is 13.7. The van der Waals surface area contributed by atoms with E-state index < -0.39 is 6.04 Å². The second-order valence-corrected chi connectivity index (χ2v) is 12.1. The Bertz CT molecular complexity index is 1310. The van der Waals surface area contributed by atoms with Gasteiger partial charge >= 0.3 is 0 Å². The molecule has 1 N–H and O–H groups in total. The third-order valence-corrected chi connectivity index (χ3v) is 9.19. The highest BCUT2D eigenvalue weighted by Gasteiger charge is 2.32. The van der Waals surface area contributed by atoms with E-state index >= 15 is 0 Å². The normalized spacial score (nSPS) is 14.4. The minimum Gasteiger partial charge on any atom is -0.484 e. The molecule has 0 aromatic heterocycles. The van der Waals surface area contributed by atoms with Gasteiger partial charge in [-0.1, -0.05) is 94.8 Å². The summed E-state index contributed by atoms with van der Waals surface area (Å²) in [6, 6.07) is 18.1. The highest BCUT2D eigenvalue weighted by Crippen LogP contribution is 2.28. The lowest BCUT2D eigenvalue weighted by molar-refractivity contribution is -0.143. The third-order valence-electron chi connectivity index (χ3n) is 7.35. The fourth-order valence-corrected chi connectivity index (χ4v) is 5.85. The van der Waals surface area contributed by atoms with Crippen LogP contribution in [0.15, 0.2) is 65.1 Å². The third kappa shape index (κ3) is 8.25. The predicted octanol–water partition coefficient (Wildman–Crippen LogP) is 7.84. The maximum atomic E-state index is 13.9. The van der Waals surface area contributed by atoms with E-state index in [4.69, 9.17) is 27.9 Å². The first-order chi connectivity index (χ1) is 19.2. The Kier molecular flexibility index (Phi) is 10.9. The van der Waals surface area contributed by atoms with Gasteiger partial charge in [-0.2, -0.15) is 0 Å². The monoisotopic (exact) mass is 644 g/mol. The minimum absolute atomic E-state index is 0.112. The number of carbonyl (C=O) groups is 2. The molecule has 0 unspecified atom stereocenters. The first-order valence-corrected chi connectivity index (χ1v) is 15.2. The van der Waals surface area contributed by atoms with Gasteiger partial charge in [-0.25, -0.2) is 0 Å². The summed E-state index contributed by atoms with van der Waals surface area (Å²) in [7, 11) is 0. The summed E-state index contributed by atoms with van der Waals surface area (Å²) in [5, 5.41) is 4.19. The number of aryl methyl sites for hydroxylation is 2. The number of hydrogen-bond donors (Lipinski definition) is 1. The molecule has 1 atom stereocenters. The summed E-state index contributed by atoms with van der Waals surface area (Å²) < 4.78 is 6.99. The van der Waals surface area contributed by atoms with E-state index in [-0.39, 0.29) is 31.0 Å². The van der Waals surface area contributed by atoms with E-state index in [1.54, 1.807) is 23.1 Å². The molecular weight excluding hydrogens is 611 g/mol.